The highest BCUT2D eigenvalue weighted by atomic mass is 16.6. The molecule has 1 N–H and O–H groups in total. The molecule has 5 nitrogen and oxygen atoms in total. The first-order valence-electron chi connectivity index (χ1n) is 7.24. The zero-order valence-electron chi connectivity index (χ0n) is 11.7. The summed E-state index contributed by atoms with van der Waals surface area (Å²) in [7, 11) is 0. The van der Waals surface area contributed by atoms with Gasteiger partial charge < -0.3 is 10.2 Å². The van der Waals surface area contributed by atoms with Gasteiger partial charge in [-0.2, -0.15) is 5.26 Å². The molecule has 5 heteroatoms. The second-order valence-corrected chi connectivity index (χ2v) is 5.59. The predicted octanol–water partition coefficient (Wildman–Crippen LogP) is 2.13. The third-order valence-corrected chi connectivity index (χ3v) is 4.10. The van der Waals surface area contributed by atoms with Gasteiger partial charge in [-0.25, -0.2) is 0 Å². The van der Waals surface area contributed by atoms with Crippen molar-refractivity contribution in [3.63, 3.8) is 0 Å². The number of nitrogens with zero attached hydrogens (tertiary/aromatic N) is 2. The van der Waals surface area contributed by atoms with Crippen molar-refractivity contribution >= 4 is 11.6 Å². The van der Waals surface area contributed by atoms with Gasteiger partial charge in [0, 0.05) is 6.42 Å². The van der Waals surface area contributed by atoms with Crippen molar-refractivity contribution in [2.75, 3.05) is 0 Å². The molecule has 0 saturated heterocycles. The summed E-state index contributed by atoms with van der Waals surface area (Å²) in [6, 6.07) is 11.9. The first kappa shape index (κ1) is 13.6. The van der Waals surface area contributed by atoms with Crippen LogP contribution in [-0.4, -0.2) is 23.3 Å². The van der Waals surface area contributed by atoms with Crippen LogP contribution in [0.25, 0.3) is 0 Å². The van der Waals surface area contributed by atoms with Gasteiger partial charge in [0.1, 0.15) is 5.54 Å². The monoisotopic (exact) mass is 283 g/mol. The van der Waals surface area contributed by atoms with E-state index in [0.29, 0.717) is 19.3 Å². The molecule has 0 spiro atoms. The molecule has 3 rings (SSSR count). The fourth-order valence-electron chi connectivity index (χ4n) is 2.88. The summed E-state index contributed by atoms with van der Waals surface area (Å²) >= 11 is 0. The first-order valence-corrected chi connectivity index (χ1v) is 7.24. The van der Waals surface area contributed by atoms with E-state index in [1.807, 2.05) is 30.3 Å². The van der Waals surface area contributed by atoms with E-state index in [4.69, 9.17) is 4.84 Å². The molecule has 1 amide bonds. The number of benzene rings is 1. The molecule has 0 radical (unpaired) electrons. The molecule has 21 heavy (non-hydrogen) atoms. The summed E-state index contributed by atoms with van der Waals surface area (Å²) in [5.74, 6) is -0.242. The molecular weight excluding hydrogens is 266 g/mol. The summed E-state index contributed by atoms with van der Waals surface area (Å²) in [5, 5.41) is 16.2. The lowest BCUT2D eigenvalue weighted by molar-refractivity contribution is -0.132. The van der Waals surface area contributed by atoms with Gasteiger partial charge >= 0.3 is 0 Å². The minimum absolute atomic E-state index is 0.242. The van der Waals surface area contributed by atoms with Gasteiger partial charge in [-0.05, 0) is 31.2 Å². The van der Waals surface area contributed by atoms with Crippen LogP contribution in [0.2, 0.25) is 0 Å². The minimum Gasteiger partial charge on any atom is -0.382 e. The van der Waals surface area contributed by atoms with E-state index in [0.717, 1.165) is 24.1 Å². The topological polar surface area (TPSA) is 74.5 Å². The summed E-state index contributed by atoms with van der Waals surface area (Å²) in [5.41, 5.74) is 1.02. The summed E-state index contributed by atoms with van der Waals surface area (Å²) in [4.78, 5) is 17.5. The molecule has 0 unspecified atom stereocenters. The van der Waals surface area contributed by atoms with Gasteiger partial charge in [0.2, 0.25) is 6.10 Å². The maximum atomic E-state index is 12.3. The Morgan fingerprint density at radius 1 is 1.33 bits per heavy atom. The van der Waals surface area contributed by atoms with Crippen LogP contribution in [0.3, 0.4) is 0 Å². The maximum absolute atomic E-state index is 12.3. The SMILES string of the molecule is N#CC1(NC(=O)[C@@H]2CC(c3ccccc3)=NO2)CCCC1. The Morgan fingerprint density at radius 3 is 2.71 bits per heavy atom. The molecule has 0 bridgehead atoms. The lowest BCUT2D eigenvalue weighted by Gasteiger charge is -2.23. The minimum atomic E-state index is -0.712. The number of amides is 1. The molecule has 2 aliphatic rings. The van der Waals surface area contributed by atoms with Crippen LogP contribution in [-0.2, 0) is 9.63 Å². The Hall–Kier alpha value is -2.35. The van der Waals surface area contributed by atoms with Crippen molar-refractivity contribution in [1.29, 1.82) is 5.26 Å². The molecule has 1 atom stereocenters. The van der Waals surface area contributed by atoms with Crippen LogP contribution in [0.15, 0.2) is 35.5 Å². The van der Waals surface area contributed by atoms with Crippen LogP contribution < -0.4 is 5.32 Å². The van der Waals surface area contributed by atoms with Gasteiger partial charge in [0.15, 0.2) is 0 Å². The van der Waals surface area contributed by atoms with Crippen LogP contribution in [0.5, 0.6) is 0 Å². The van der Waals surface area contributed by atoms with Crippen molar-refractivity contribution in [2.45, 2.75) is 43.7 Å². The zero-order chi connectivity index (χ0) is 14.7. The normalized spacial score (nSPS) is 23.0. The van der Waals surface area contributed by atoms with E-state index >= 15 is 0 Å². The predicted molar refractivity (Wildman–Crippen MR) is 77.4 cm³/mol. The highest BCUT2D eigenvalue weighted by molar-refractivity contribution is 6.04. The van der Waals surface area contributed by atoms with Crippen molar-refractivity contribution in [2.24, 2.45) is 5.16 Å². The first-order chi connectivity index (χ1) is 10.2. The van der Waals surface area contributed by atoms with Crippen molar-refractivity contribution < 1.29 is 9.63 Å². The number of oxime groups is 1. The van der Waals surface area contributed by atoms with E-state index < -0.39 is 11.6 Å². The Morgan fingerprint density at radius 2 is 2.05 bits per heavy atom. The molecule has 1 aromatic rings. The summed E-state index contributed by atoms with van der Waals surface area (Å²) < 4.78 is 0. The molecule has 1 fully saturated rings. The third-order valence-electron chi connectivity index (χ3n) is 4.10. The van der Waals surface area contributed by atoms with E-state index in [2.05, 4.69) is 16.5 Å². The molecule has 0 aromatic heterocycles. The molecule has 1 heterocycles. The quantitative estimate of drug-likeness (QED) is 0.923. The summed E-state index contributed by atoms with van der Waals surface area (Å²) in [6.07, 6.45) is 3.20. The average molecular weight is 283 g/mol. The van der Waals surface area contributed by atoms with Gasteiger partial charge in [-0.15, -0.1) is 0 Å². The number of nitriles is 1. The van der Waals surface area contributed by atoms with Gasteiger partial charge in [-0.3, -0.25) is 4.79 Å². The van der Waals surface area contributed by atoms with E-state index in [1.54, 1.807) is 0 Å². The standard InChI is InChI=1S/C16H17N3O2/c17-11-16(8-4-5-9-16)18-15(20)14-10-13(19-21-14)12-6-2-1-3-7-12/h1-3,6-7,14H,4-5,8-10H2,(H,18,20)/t14-/m0/s1. The van der Waals surface area contributed by atoms with Gasteiger partial charge in [-0.1, -0.05) is 35.5 Å². The Bertz CT molecular complexity index is 598. The van der Waals surface area contributed by atoms with Crippen molar-refractivity contribution in [3.05, 3.63) is 35.9 Å². The number of rotatable bonds is 3. The fraction of sp³-hybridized carbons (Fsp3) is 0.438. The number of carbonyl (C=O) groups excluding carboxylic acids is 1. The average Bonchev–Trinajstić information content (AvgIpc) is 3.18. The van der Waals surface area contributed by atoms with Gasteiger partial charge in [0.05, 0.1) is 11.8 Å². The molecule has 1 saturated carbocycles. The summed E-state index contributed by atoms with van der Waals surface area (Å²) in [6.45, 7) is 0. The second-order valence-electron chi connectivity index (χ2n) is 5.59. The number of carbonyl (C=O) groups is 1. The van der Waals surface area contributed by atoms with E-state index in [-0.39, 0.29) is 5.91 Å². The molecule has 1 aromatic carbocycles. The number of hydrogen-bond donors (Lipinski definition) is 1. The lowest BCUT2D eigenvalue weighted by Crippen LogP contribution is -2.49. The molecule has 1 aliphatic heterocycles. The van der Waals surface area contributed by atoms with Gasteiger partial charge in [0.25, 0.3) is 5.91 Å². The number of nitrogens with one attached hydrogen (secondary N) is 1. The Kier molecular flexibility index (Phi) is 3.61. The highest BCUT2D eigenvalue weighted by Gasteiger charge is 2.39. The Labute approximate surface area is 123 Å². The van der Waals surface area contributed by atoms with E-state index in [9.17, 15) is 10.1 Å². The third kappa shape index (κ3) is 2.75. The largest absolute Gasteiger partial charge is 0.382 e. The van der Waals surface area contributed by atoms with Crippen molar-refractivity contribution in [3.8, 4) is 6.07 Å². The maximum Gasteiger partial charge on any atom is 0.265 e. The highest BCUT2D eigenvalue weighted by Crippen LogP contribution is 2.29. The smallest absolute Gasteiger partial charge is 0.265 e. The molecule has 1 aliphatic carbocycles. The Balaban J connectivity index is 1.63. The fourth-order valence-corrected chi connectivity index (χ4v) is 2.88. The second kappa shape index (κ2) is 5.57. The lowest BCUT2D eigenvalue weighted by atomic mass is 9.98. The van der Waals surface area contributed by atoms with Crippen molar-refractivity contribution in [1.82, 2.24) is 5.32 Å². The molecular formula is C16H17N3O2. The van der Waals surface area contributed by atoms with Crippen LogP contribution in [0.4, 0.5) is 0 Å². The molecule has 108 valence electrons. The van der Waals surface area contributed by atoms with Crippen LogP contribution >= 0.6 is 0 Å². The van der Waals surface area contributed by atoms with Crippen LogP contribution in [0.1, 0.15) is 37.7 Å². The number of hydrogen-bond acceptors (Lipinski definition) is 4. The van der Waals surface area contributed by atoms with E-state index in [1.165, 1.54) is 0 Å². The zero-order valence-corrected chi connectivity index (χ0v) is 11.7. The van der Waals surface area contributed by atoms with Crippen LogP contribution in [0, 0.1) is 11.3 Å².